The largest absolute Gasteiger partial charge is 0.398 e. The molecule has 3 nitrogen and oxygen atoms in total. The zero-order chi connectivity index (χ0) is 14.3. The van der Waals surface area contributed by atoms with Crippen LogP contribution in [0.2, 0.25) is 0 Å². The molecule has 0 saturated carbocycles. The number of benzene rings is 1. The summed E-state index contributed by atoms with van der Waals surface area (Å²) >= 11 is 1.22. The van der Waals surface area contributed by atoms with Crippen LogP contribution in [0.25, 0.3) is 0 Å². The van der Waals surface area contributed by atoms with E-state index in [1.807, 2.05) is 0 Å². The molecule has 5 heteroatoms. The number of rotatable bonds is 7. The van der Waals surface area contributed by atoms with E-state index in [9.17, 15) is 9.18 Å². The van der Waals surface area contributed by atoms with E-state index in [-0.39, 0.29) is 17.5 Å². The number of nitrogens with two attached hydrogens (primary N) is 1. The zero-order valence-electron chi connectivity index (χ0n) is 10.6. The molecule has 19 heavy (non-hydrogen) atoms. The van der Waals surface area contributed by atoms with Crippen LogP contribution in [0.1, 0.15) is 0 Å². The molecule has 1 rings (SSSR count). The maximum atomic E-state index is 13.1. The van der Waals surface area contributed by atoms with E-state index in [4.69, 9.17) is 5.73 Å². The fraction of sp³-hybridized carbons (Fsp3) is 0.214. The highest BCUT2D eigenvalue weighted by atomic mass is 32.2. The van der Waals surface area contributed by atoms with Crippen molar-refractivity contribution in [2.75, 3.05) is 24.6 Å². The summed E-state index contributed by atoms with van der Waals surface area (Å²) in [5.41, 5.74) is 6.19. The van der Waals surface area contributed by atoms with Crippen molar-refractivity contribution in [2.24, 2.45) is 0 Å². The van der Waals surface area contributed by atoms with Gasteiger partial charge >= 0.3 is 0 Å². The van der Waals surface area contributed by atoms with Crippen molar-refractivity contribution < 1.29 is 9.18 Å². The molecule has 0 heterocycles. The van der Waals surface area contributed by atoms with E-state index in [0.29, 0.717) is 23.7 Å². The van der Waals surface area contributed by atoms with Crippen LogP contribution in [0.4, 0.5) is 10.1 Å². The number of carbonyl (C=O) groups excluding carboxylic acids is 1. The molecular weight excluding hydrogens is 263 g/mol. The minimum absolute atomic E-state index is 0.0616. The molecular formula is C14H17FN2OS. The first-order valence-corrected chi connectivity index (χ1v) is 6.74. The minimum Gasteiger partial charge on any atom is -0.398 e. The van der Waals surface area contributed by atoms with Gasteiger partial charge in [-0.2, -0.15) is 0 Å². The third-order valence-corrected chi connectivity index (χ3v) is 3.43. The lowest BCUT2D eigenvalue weighted by Gasteiger charge is -2.19. The van der Waals surface area contributed by atoms with Gasteiger partial charge in [0, 0.05) is 23.7 Å². The molecule has 1 aromatic rings. The Bertz CT molecular complexity index is 467. The highest BCUT2D eigenvalue weighted by Gasteiger charge is 2.12. The summed E-state index contributed by atoms with van der Waals surface area (Å²) in [4.78, 5) is 14.2. The molecule has 0 aliphatic rings. The van der Waals surface area contributed by atoms with Gasteiger partial charge in [0.1, 0.15) is 5.82 Å². The van der Waals surface area contributed by atoms with E-state index >= 15 is 0 Å². The highest BCUT2D eigenvalue weighted by Crippen LogP contribution is 2.25. The maximum Gasteiger partial charge on any atom is 0.233 e. The summed E-state index contributed by atoms with van der Waals surface area (Å²) < 4.78 is 13.1. The summed E-state index contributed by atoms with van der Waals surface area (Å²) in [6.45, 7) is 8.13. The van der Waals surface area contributed by atoms with Gasteiger partial charge in [0.2, 0.25) is 5.91 Å². The Morgan fingerprint density at radius 2 is 2.00 bits per heavy atom. The number of amides is 1. The number of nitrogens with zero attached hydrogens (tertiary/aromatic N) is 1. The van der Waals surface area contributed by atoms with Crippen LogP contribution in [0.3, 0.4) is 0 Å². The Morgan fingerprint density at radius 3 is 2.58 bits per heavy atom. The number of carbonyl (C=O) groups is 1. The van der Waals surface area contributed by atoms with Crippen LogP contribution >= 0.6 is 11.8 Å². The first-order valence-electron chi connectivity index (χ1n) is 5.76. The van der Waals surface area contributed by atoms with E-state index in [0.717, 1.165) is 0 Å². The summed E-state index contributed by atoms with van der Waals surface area (Å²) in [5.74, 6) is -0.221. The van der Waals surface area contributed by atoms with E-state index in [1.54, 1.807) is 17.1 Å². The van der Waals surface area contributed by atoms with Crippen LogP contribution in [0, 0.1) is 5.82 Å². The van der Waals surface area contributed by atoms with Crippen LogP contribution in [-0.2, 0) is 4.79 Å². The van der Waals surface area contributed by atoms with E-state index in [1.165, 1.54) is 30.0 Å². The average molecular weight is 280 g/mol. The topological polar surface area (TPSA) is 46.3 Å². The fourth-order valence-corrected chi connectivity index (χ4v) is 2.35. The molecule has 0 atom stereocenters. The smallest absolute Gasteiger partial charge is 0.233 e. The predicted octanol–water partition coefficient (Wildman–Crippen LogP) is 2.70. The molecule has 1 amide bonds. The molecule has 0 bridgehead atoms. The maximum absolute atomic E-state index is 13.1. The van der Waals surface area contributed by atoms with Crippen LogP contribution in [0.5, 0.6) is 0 Å². The first kappa shape index (κ1) is 15.3. The van der Waals surface area contributed by atoms with Gasteiger partial charge in [-0.1, -0.05) is 12.2 Å². The molecule has 102 valence electrons. The SMILES string of the molecule is C=CCN(CC=C)C(=O)CSc1cc(F)ccc1N. The second kappa shape index (κ2) is 7.63. The number of thioether (sulfide) groups is 1. The number of hydrogen-bond acceptors (Lipinski definition) is 3. The molecule has 0 fully saturated rings. The molecule has 0 aliphatic heterocycles. The Hall–Kier alpha value is -1.75. The minimum atomic E-state index is -0.363. The van der Waals surface area contributed by atoms with Gasteiger partial charge in [-0.15, -0.1) is 24.9 Å². The molecule has 1 aromatic carbocycles. The van der Waals surface area contributed by atoms with Crippen molar-refractivity contribution in [2.45, 2.75) is 4.90 Å². The van der Waals surface area contributed by atoms with Crippen molar-refractivity contribution in [3.63, 3.8) is 0 Å². The van der Waals surface area contributed by atoms with Crippen molar-refractivity contribution >= 4 is 23.4 Å². The molecule has 0 aliphatic carbocycles. The summed E-state index contributed by atoms with van der Waals surface area (Å²) in [7, 11) is 0. The van der Waals surface area contributed by atoms with Gasteiger partial charge in [0.05, 0.1) is 5.75 Å². The van der Waals surface area contributed by atoms with Gasteiger partial charge in [0.25, 0.3) is 0 Å². The summed E-state index contributed by atoms with van der Waals surface area (Å²) in [6, 6.07) is 4.12. The number of anilines is 1. The molecule has 0 radical (unpaired) electrons. The molecule has 2 N–H and O–H groups in total. The Balaban J connectivity index is 2.63. The lowest BCUT2D eigenvalue weighted by atomic mass is 10.3. The highest BCUT2D eigenvalue weighted by molar-refractivity contribution is 8.00. The predicted molar refractivity (Wildman–Crippen MR) is 78.5 cm³/mol. The second-order valence-corrected chi connectivity index (χ2v) is 4.86. The lowest BCUT2D eigenvalue weighted by Crippen LogP contribution is -2.32. The molecule has 0 aromatic heterocycles. The normalized spacial score (nSPS) is 9.95. The van der Waals surface area contributed by atoms with Crippen molar-refractivity contribution in [3.8, 4) is 0 Å². The number of hydrogen-bond donors (Lipinski definition) is 1. The molecule has 0 unspecified atom stereocenters. The Labute approximate surface area is 117 Å². The zero-order valence-corrected chi connectivity index (χ0v) is 11.5. The molecule has 0 saturated heterocycles. The van der Waals surface area contributed by atoms with Crippen LogP contribution < -0.4 is 5.73 Å². The number of halogens is 1. The van der Waals surface area contributed by atoms with Gasteiger partial charge < -0.3 is 10.6 Å². The third kappa shape index (κ3) is 4.79. The lowest BCUT2D eigenvalue weighted by molar-refractivity contribution is -0.127. The average Bonchev–Trinajstić information content (AvgIpc) is 2.39. The van der Waals surface area contributed by atoms with Crippen molar-refractivity contribution in [3.05, 3.63) is 49.3 Å². The van der Waals surface area contributed by atoms with Crippen LogP contribution in [0.15, 0.2) is 48.4 Å². The number of nitrogen functional groups attached to an aromatic ring is 1. The monoisotopic (exact) mass is 280 g/mol. The third-order valence-electron chi connectivity index (χ3n) is 2.38. The van der Waals surface area contributed by atoms with Gasteiger partial charge in [-0.25, -0.2) is 4.39 Å². The quantitative estimate of drug-likeness (QED) is 0.474. The fourth-order valence-electron chi connectivity index (χ4n) is 1.45. The first-order chi connectivity index (χ1) is 9.08. The van der Waals surface area contributed by atoms with Crippen LogP contribution in [-0.4, -0.2) is 29.6 Å². The molecule has 0 spiro atoms. The van der Waals surface area contributed by atoms with Gasteiger partial charge in [0.15, 0.2) is 0 Å². The second-order valence-electron chi connectivity index (χ2n) is 3.85. The summed E-state index contributed by atoms with van der Waals surface area (Å²) in [5, 5.41) is 0. The van der Waals surface area contributed by atoms with E-state index in [2.05, 4.69) is 13.2 Å². The summed E-state index contributed by atoms with van der Waals surface area (Å²) in [6.07, 6.45) is 3.31. The Morgan fingerprint density at radius 1 is 1.37 bits per heavy atom. The Kier molecular flexibility index (Phi) is 6.15. The van der Waals surface area contributed by atoms with Crippen molar-refractivity contribution in [1.82, 2.24) is 4.90 Å². The van der Waals surface area contributed by atoms with Crippen molar-refractivity contribution in [1.29, 1.82) is 0 Å². The van der Waals surface area contributed by atoms with Gasteiger partial charge in [-0.05, 0) is 18.2 Å². The standard InChI is InChI=1S/C14H17FN2OS/c1-3-7-17(8-4-2)14(18)10-19-13-9-11(15)5-6-12(13)16/h3-6,9H,1-2,7-8,10,16H2. The van der Waals surface area contributed by atoms with E-state index < -0.39 is 0 Å². The van der Waals surface area contributed by atoms with Gasteiger partial charge in [-0.3, -0.25) is 4.79 Å².